The number of hydrogen-bond donors (Lipinski definition) is 2. The van der Waals surface area contributed by atoms with E-state index in [1.807, 2.05) is 0 Å². The van der Waals surface area contributed by atoms with Crippen LogP contribution in [-0.2, 0) is 14.3 Å². The molecule has 0 unspecified atom stereocenters. The largest absolute Gasteiger partial charge is 0.461 e. The van der Waals surface area contributed by atoms with Gasteiger partial charge in [0.05, 0.1) is 25.8 Å². The molecular weight excluding hydrogens is 306 g/mol. The minimum Gasteiger partial charge on any atom is -0.461 e. The highest BCUT2D eigenvalue weighted by Gasteiger charge is 2.60. The first-order chi connectivity index (χ1) is 11.5. The summed E-state index contributed by atoms with van der Waals surface area (Å²) in [4.78, 5) is 12.4. The number of aliphatic hydroxyl groups excluding tert-OH is 1. The highest BCUT2D eigenvalue weighted by molar-refractivity contribution is 5.76. The fraction of sp³-hybridized carbons (Fsp3) is 0.842. The normalized spacial score (nSPS) is 41.4. The number of rotatable bonds is 6. The standard InChI is InChI=1S/C19H31NO4/c1-12-6-4-7-13-10-15-16(17(21)19(12,13)2)14(18(22)24-15)11-20-8-5-9-23-3/h7,12,14-17,20-21H,4-6,8-11H2,1-3H3/p+1/t12-,14+,15-,16-,17-,19-/m1/s1. The van der Waals surface area contributed by atoms with E-state index in [-0.39, 0.29) is 29.3 Å². The van der Waals surface area contributed by atoms with Crippen molar-refractivity contribution in [1.82, 2.24) is 0 Å². The Morgan fingerprint density at radius 1 is 1.50 bits per heavy atom. The van der Waals surface area contributed by atoms with E-state index in [0.29, 0.717) is 12.5 Å². The van der Waals surface area contributed by atoms with Gasteiger partial charge < -0.3 is 19.9 Å². The van der Waals surface area contributed by atoms with Gasteiger partial charge in [0.2, 0.25) is 0 Å². The SMILES string of the molecule is COCCC[NH2+]C[C@@H]1C(=O)O[C@@H]2CC3=CCC[C@@H](C)[C@@]3(C)[C@H](O)[C@H]12. The van der Waals surface area contributed by atoms with Crippen molar-refractivity contribution in [2.75, 3.05) is 26.8 Å². The van der Waals surface area contributed by atoms with Gasteiger partial charge in [0, 0.05) is 31.3 Å². The van der Waals surface area contributed by atoms with Crippen molar-refractivity contribution in [3.8, 4) is 0 Å². The number of nitrogens with two attached hydrogens (primary N) is 1. The molecule has 2 aliphatic carbocycles. The molecule has 0 bridgehead atoms. The van der Waals surface area contributed by atoms with Gasteiger partial charge in [-0.25, -0.2) is 0 Å². The fourth-order valence-corrected chi connectivity index (χ4v) is 5.00. The van der Waals surface area contributed by atoms with Crippen LogP contribution in [0.2, 0.25) is 0 Å². The van der Waals surface area contributed by atoms with E-state index in [2.05, 4.69) is 25.2 Å². The Balaban J connectivity index is 1.72. The fourth-order valence-electron chi connectivity index (χ4n) is 5.00. The number of fused-ring (bicyclic) bond motifs is 2. The molecular formula is C19H32NO4+. The van der Waals surface area contributed by atoms with E-state index in [1.54, 1.807) is 7.11 Å². The van der Waals surface area contributed by atoms with Crippen LogP contribution in [0.3, 0.4) is 0 Å². The molecule has 5 nitrogen and oxygen atoms in total. The molecule has 5 heteroatoms. The Hall–Kier alpha value is -0.910. The average molecular weight is 338 g/mol. The minimum atomic E-state index is -0.498. The molecule has 2 fully saturated rings. The zero-order chi connectivity index (χ0) is 17.3. The number of ether oxygens (including phenoxy) is 2. The van der Waals surface area contributed by atoms with Crippen molar-refractivity contribution < 1.29 is 24.7 Å². The summed E-state index contributed by atoms with van der Waals surface area (Å²) in [5, 5.41) is 13.4. The van der Waals surface area contributed by atoms with Crippen molar-refractivity contribution in [2.45, 2.75) is 51.7 Å². The van der Waals surface area contributed by atoms with Crippen LogP contribution in [0.1, 0.15) is 39.5 Å². The lowest BCUT2D eigenvalue weighted by atomic mass is 9.55. The molecule has 0 amide bonds. The predicted molar refractivity (Wildman–Crippen MR) is 90.2 cm³/mol. The number of hydrogen-bond acceptors (Lipinski definition) is 4. The highest BCUT2D eigenvalue weighted by atomic mass is 16.6. The van der Waals surface area contributed by atoms with Gasteiger partial charge in [-0.15, -0.1) is 0 Å². The van der Waals surface area contributed by atoms with Gasteiger partial charge in [0.1, 0.15) is 12.0 Å². The van der Waals surface area contributed by atoms with E-state index in [4.69, 9.17) is 9.47 Å². The first-order valence-electron chi connectivity index (χ1n) is 9.38. The van der Waals surface area contributed by atoms with Crippen LogP contribution in [0.15, 0.2) is 11.6 Å². The van der Waals surface area contributed by atoms with Gasteiger partial charge >= 0.3 is 5.97 Å². The Morgan fingerprint density at radius 2 is 2.29 bits per heavy atom. The number of aliphatic hydroxyl groups is 1. The molecule has 3 aliphatic rings. The number of esters is 1. The Kier molecular flexibility index (Phi) is 5.33. The molecule has 3 N–H and O–H groups in total. The average Bonchev–Trinajstić information content (AvgIpc) is 2.86. The summed E-state index contributed by atoms with van der Waals surface area (Å²) in [6.45, 7) is 6.80. The van der Waals surface area contributed by atoms with Crippen molar-refractivity contribution in [3.63, 3.8) is 0 Å². The Bertz CT molecular complexity index is 506. The van der Waals surface area contributed by atoms with E-state index in [0.717, 1.165) is 38.8 Å². The molecule has 0 aromatic heterocycles. The molecule has 6 atom stereocenters. The lowest BCUT2D eigenvalue weighted by Crippen LogP contribution is -2.86. The van der Waals surface area contributed by atoms with Gasteiger partial charge in [-0.3, -0.25) is 4.79 Å². The van der Waals surface area contributed by atoms with E-state index in [1.165, 1.54) is 5.57 Å². The zero-order valence-corrected chi connectivity index (χ0v) is 15.2. The van der Waals surface area contributed by atoms with E-state index >= 15 is 0 Å². The second-order valence-electron chi connectivity index (χ2n) is 7.96. The zero-order valence-electron chi connectivity index (χ0n) is 15.2. The van der Waals surface area contributed by atoms with Crippen LogP contribution in [0, 0.1) is 23.2 Å². The van der Waals surface area contributed by atoms with Gasteiger partial charge in [-0.1, -0.05) is 25.5 Å². The smallest absolute Gasteiger partial charge is 0.315 e. The molecule has 0 aromatic carbocycles. The summed E-state index contributed by atoms with van der Waals surface area (Å²) in [6.07, 6.45) is 5.58. The van der Waals surface area contributed by atoms with Crippen LogP contribution in [0.4, 0.5) is 0 Å². The molecule has 1 heterocycles. The van der Waals surface area contributed by atoms with Gasteiger partial charge in [0.15, 0.2) is 0 Å². The summed E-state index contributed by atoms with van der Waals surface area (Å²) in [6, 6.07) is 0. The highest BCUT2D eigenvalue weighted by Crippen LogP contribution is 2.55. The third kappa shape index (κ3) is 2.91. The summed E-state index contributed by atoms with van der Waals surface area (Å²) < 4.78 is 10.7. The molecule has 1 saturated heterocycles. The lowest BCUT2D eigenvalue weighted by molar-refractivity contribution is -0.660. The Morgan fingerprint density at radius 3 is 3.04 bits per heavy atom. The van der Waals surface area contributed by atoms with Gasteiger partial charge in [0.25, 0.3) is 0 Å². The van der Waals surface area contributed by atoms with E-state index < -0.39 is 6.10 Å². The monoisotopic (exact) mass is 338 g/mol. The number of allylic oxidation sites excluding steroid dienone is 1. The van der Waals surface area contributed by atoms with Crippen molar-refractivity contribution in [1.29, 1.82) is 0 Å². The maximum atomic E-state index is 12.4. The predicted octanol–water partition coefficient (Wildman–Crippen LogP) is 0.871. The maximum absolute atomic E-state index is 12.4. The minimum absolute atomic E-state index is 0.0705. The van der Waals surface area contributed by atoms with Crippen molar-refractivity contribution in [3.05, 3.63) is 11.6 Å². The molecule has 24 heavy (non-hydrogen) atoms. The van der Waals surface area contributed by atoms with Crippen LogP contribution in [0.25, 0.3) is 0 Å². The van der Waals surface area contributed by atoms with Crippen LogP contribution >= 0.6 is 0 Å². The number of quaternary nitrogens is 1. The number of carbonyl (C=O) groups excluding carboxylic acids is 1. The van der Waals surface area contributed by atoms with Crippen LogP contribution in [-0.4, -0.2) is 50.1 Å². The third-order valence-corrected chi connectivity index (χ3v) is 6.75. The number of methoxy groups -OCH3 is 1. The van der Waals surface area contributed by atoms with Crippen molar-refractivity contribution >= 4 is 5.97 Å². The van der Waals surface area contributed by atoms with Crippen LogP contribution in [0.5, 0.6) is 0 Å². The first kappa shape index (κ1) is 17.9. The molecule has 3 rings (SSSR count). The van der Waals surface area contributed by atoms with Gasteiger partial charge in [-0.05, 0) is 18.8 Å². The summed E-state index contributed by atoms with van der Waals surface area (Å²) in [5.74, 6) is 0.0527. The molecule has 0 aromatic rings. The third-order valence-electron chi connectivity index (χ3n) is 6.75. The second-order valence-corrected chi connectivity index (χ2v) is 7.96. The van der Waals surface area contributed by atoms with E-state index in [9.17, 15) is 9.90 Å². The summed E-state index contributed by atoms with van der Waals surface area (Å²) in [7, 11) is 1.70. The second kappa shape index (κ2) is 7.14. The van der Waals surface area contributed by atoms with Crippen LogP contribution < -0.4 is 5.32 Å². The number of carbonyl (C=O) groups is 1. The molecule has 0 radical (unpaired) electrons. The lowest BCUT2D eigenvalue weighted by Gasteiger charge is -2.51. The Labute approximate surface area is 144 Å². The topological polar surface area (TPSA) is 72.4 Å². The summed E-state index contributed by atoms with van der Waals surface area (Å²) >= 11 is 0. The quantitative estimate of drug-likeness (QED) is 0.428. The maximum Gasteiger partial charge on any atom is 0.315 e. The first-order valence-corrected chi connectivity index (χ1v) is 9.38. The molecule has 1 saturated carbocycles. The van der Waals surface area contributed by atoms with Gasteiger partial charge in [-0.2, -0.15) is 0 Å². The molecule has 136 valence electrons. The molecule has 1 aliphatic heterocycles. The molecule has 0 spiro atoms. The summed E-state index contributed by atoms with van der Waals surface area (Å²) in [5.41, 5.74) is 1.09. The van der Waals surface area contributed by atoms with Crippen molar-refractivity contribution in [2.24, 2.45) is 23.2 Å².